The zero-order chi connectivity index (χ0) is 16.9. The van der Waals surface area contributed by atoms with Gasteiger partial charge in [-0.2, -0.15) is 0 Å². The van der Waals surface area contributed by atoms with Gasteiger partial charge in [0, 0.05) is 38.3 Å². The fourth-order valence-corrected chi connectivity index (χ4v) is 2.67. The first-order valence-electron chi connectivity index (χ1n) is 8.00. The van der Waals surface area contributed by atoms with Crippen LogP contribution >= 0.6 is 0 Å². The molecule has 3 rings (SSSR count). The van der Waals surface area contributed by atoms with E-state index in [1.807, 2.05) is 0 Å². The van der Waals surface area contributed by atoms with Crippen LogP contribution in [-0.4, -0.2) is 53.7 Å². The minimum Gasteiger partial charge on any atom is -0.450 e. The first kappa shape index (κ1) is 16.4. The highest BCUT2D eigenvalue weighted by atomic mass is 19.1. The van der Waals surface area contributed by atoms with Crippen molar-refractivity contribution in [3.05, 3.63) is 42.0 Å². The highest BCUT2D eigenvalue weighted by Crippen LogP contribution is 2.20. The van der Waals surface area contributed by atoms with Gasteiger partial charge in [0.25, 0.3) is 0 Å². The van der Waals surface area contributed by atoms with Crippen LogP contribution in [0.2, 0.25) is 0 Å². The molecule has 0 spiro atoms. The van der Waals surface area contributed by atoms with E-state index in [0.717, 1.165) is 18.8 Å². The highest BCUT2D eigenvalue weighted by Gasteiger charge is 2.22. The maximum absolute atomic E-state index is 13.3. The second-order valence-corrected chi connectivity index (χ2v) is 5.62. The summed E-state index contributed by atoms with van der Waals surface area (Å²) in [6, 6.07) is 6.17. The van der Waals surface area contributed by atoms with Crippen LogP contribution in [0.4, 0.5) is 9.18 Å². The van der Waals surface area contributed by atoms with Gasteiger partial charge in [0.15, 0.2) is 0 Å². The normalized spacial score (nSPS) is 15.5. The molecule has 2 aromatic rings. The van der Waals surface area contributed by atoms with Crippen LogP contribution in [0.3, 0.4) is 0 Å². The van der Waals surface area contributed by atoms with Gasteiger partial charge < -0.3 is 14.1 Å². The molecule has 0 radical (unpaired) electrons. The largest absolute Gasteiger partial charge is 0.450 e. The maximum Gasteiger partial charge on any atom is 0.409 e. The van der Waals surface area contributed by atoms with E-state index in [2.05, 4.69) is 9.88 Å². The number of nitrogens with zero attached hydrogens (tertiary/aromatic N) is 3. The summed E-state index contributed by atoms with van der Waals surface area (Å²) in [6.07, 6.45) is 1.34. The van der Waals surface area contributed by atoms with Gasteiger partial charge in [0.2, 0.25) is 5.89 Å². The van der Waals surface area contributed by atoms with Crippen molar-refractivity contribution in [2.45, 2.75) is 13.5 Å². The van der Waals surface area contributed by atoms with Crippen molar-refractivity contribution < 1.29 is 18.3 Å². The smallest absolute Gasteiger partial charge is 0.409 e. The second-order valence-electron chi connectivity index (χ2n) is 5.62. The van der Waals surface area contributed by atoms with E-state index in [0.29, 0.717) is 37.7 Å². The van der Waals surface area contributed by atoms with Gasteiger partial charge in [0.1, 0.15) is 12.1 Å². The lowest BCUT2D eigenvalue weighted by atomic mass is 10.2. The van der Waals surface area contributed by atoms with Crippen LogP contribution in [0.25, 0.3) is 11.5 Å². The molecule has 128 valence electrons. The Morgan fingerprint density at radius 3 is 2.83 bits per heavy atom. The molecule has 2 heterocycles. The van der Waals surface area contributed by atoms with E-state index in [1.165, 1.54) is 12.1 Å². The quantitative estimate of drug-likeness (QED) is 0.861. The van der Waals surface area contributed by atoms with Gasteiger partial charge in [-0.05, 0) is 25.1 Å². The fraction of sp³-hybridized carbons (Fsp3) is 0.412. The van der Waals surface area contributed by atoms with Gasteiger partial charge in [-0.1, -0.05) is 6.07 Å². The molecule has 24 heavy (non-hydrogen) atoms. The first-order chi connectivity index (χ1) is 11.7. The van der Waals surface area contributed by atoms with Gasteiger partial charge in [-0.25, -0.2) is 14.2 Å². The van der Waals surface area contributed by atoms with Gasteiger partial charge >= 0.3 is 6.09 Å². The van der Waals surface area contributed by atoms with E-state index in [-0.39, 0.29) is 11.9 Å². The molecule has 0 unspecified atom stereocenters. The Labute approximate surface area is 139 Å². The van der Waals surface area contributed by atoms with Crippen LogP contribution in [0.15, 0.2) is 34.9 Å². The monoisotopic (exact) mass is 333 g/mol. The number of ether oxygens (including phenoxy) is 1. The number of amides is 1. The lowest BCUT2D eigenvalue weighted by Crippen LogP contribution is -2.48. The third-order valence-electron chi connectivity index (χ3n) is 3.91. The second kappa shape index (κ2) is 7.44. The summed E-state index contributed by atoms with van der Waals surface area (Å²) in [6.45, 7) is 5.59. The number of rotatable bonds is 4. The molecule has 0 N–H and O–H groups in total. The molecule has 1 amide bonds. The molecule has 0 aliphatic carbocycles. The Morgan fingerprint density at radius 1 is 1.33 bits per heavy atom. The summed E-state index contributed by atoms with van der Waals surface area (Å²) < 4.78 is 23.7. The number of halogens is 1. The summed E-state index contributed by atoms with van der Waals surface area (Å²) in [7, 11) is 0. The van der Waals surface area contributed by atoms with E-state index >= 15 is 0 Å². The summed E-state index contributed by atoms with van der Waals surface area (Å²) in [5.74, 6) is 0.0944. The molecular weight excluding hydrogens is 313 g/mol. The number of benzene rings is 1. The van der Waals surface area contributed by atoms with Crippen LogP contribution < -0.4 is 0 Å². The number of hydrogen-bond donors (Lipinski definition) is 0. The molecule has 1 aromatic heterocycles. The Morgan fingerprint density at radius 2 is 2.12 bits per heavy atom. The van der Waals surface area contributed by atoms with Crippen molar-refractivity contribution in [3.63, 3.8) is 0 Å². The molecule has 6 nitrogen and oxygen atoms in total. The number of piperazine rings is 1. The predicted octanol–water partition coefficient (Wildman–Crippen LogP) is 2.75. The van der Waals surface area contributed by atoms with Crippen molar-refractivity contribution in [2.24, 2.45) is 0 Å². The third-order valence-corrected chi connectivity index (χ3v) is 3.91. The van der Waals surface area contributed by atoms with Crippen molar-refractivity contribution >= 4 is 6.09 Å². The third kappa shape index (κ3) is 3.91. The molecule has 1 fully saturated rings. The van der Waals surface area contributed by atoms with E-state index < -0.39 is 0 Å². The van der Waals surface area contributed by atoms with Crippen LogP contribution in [0, 0.1) is 5.82 Å². The molecule has 1 aliphatic heterocycles. The van der Waals surface area contributed by atoms with Crippen molar-refractivity contribution in [2.75, 3.05) is 32.8 Å². The first-order valence-corrected chi connectivity index (χ1v) is 8.00. The minimum absolute atomic E-state index is 0.257. The zero-order valence-corrected chi connectivity index (χ0v) is 13.6. The van der Waals surface area contributed by atoms with Crippen LogP contribution in [0.5, 0.6) is 0 Å². The van der Waals surface area contributed by atoms with E-state index in [9.17, 15) is 9.18 Å². The Balaban J connectivity index is 1.56. The minimum atomic E-state index is -0.317. The molecule has 0 saturated carbocycles. The number of aromatic nitrogens is 1. The number of carbonyl (C=O) groups is 1. The summed E-state index contributed by atoms with van der Waals surface area (Å²) >= 11 is 0. The standard InChI is InChI=1S/C17H20FN3O3/c1-2-23-17(22)21-8-6-20(7-9-21)11-15-12-24-16(19-15)13-4-3-5-14(18)10-13/h3-5,10,12H,2,6-9,11H2,1H3. The average Bonchev–Trinajstić information content (AvgIpc) is 3.04. The SMILES string of the molecule is CCOC(=O)N1CCN(Cc2coc(-c3cccc(F)c3)n2)CC1. The summed E-state index contributed by atoms with van der Waals surface area (Å²) in [5, 5.41) is 0. The van der Waals surface area contributed by atoms with Gasteiger partial charge in [-0.3, -0.25) is 4.90 Å². The van der Waals surface area contributed by atoms with Crippen molar-refractivity contribution in [1.29, 1.82) is 0 Å². The number of oxazole rings is 1. The maximum atomic E-state index is 13.3. The Kier molecular flexibility index (Phi) is 5.10. The fourth-order valence-electron chi connectivity index (χ4n) is 2.67. The Hall–Kier alpha value is -2.41. The van der Waals surface area contributed by atoms with E-state index in [1.54, 1.807) is 30.2 Å². The van der Waals surface area contributed by atoms with Crippen molar-refractivity contribution in [1.82, 2.24) is 14.8 Å². The zero-order valence-electron chi connectivity index (χ0n) is 13.6. The van der Waals surface area contributed by atoms with E-state index in [4.69, 9.17) is 9.15 Å². The molecule has 1 aromatic carbocycles. The molecule has 0 atom stereocenters. The topological polar surface area (TPSA) is 58.8 Å². The molecule has 7 heteroatoms. The van der Waals surface area contributed by atoms with Gasteiger partial charge in [-0.15, -0.1) is 0 Å². The molecule has 1 aliphatic rings. The average molecular weight is 333 g/mol. The number of hydrogen-bond acceptors (Lipinski definition) is 5. The predicted molar refractivity (Wildman–Crippen MR) is 85.8 cm³/mol. The van der Waals surface area contributed by atoms with Gasteiger partial charge in [0.05, 0.1) is 12.3 Å². The van der Waals surface area contributed by atoms with Crippen LogP contribution in [-0.2, 0) is 11.3 Å². The summed E-state index contributed by atoms with van der Waals surface area (Å²) in [4.78, 5) is 20.0. The van der Waals surface area contributed by atoms with Crippen LogP contribution in [0.1, 0.15) is 12.6 Å². The lowest BCUT2D eigenvalue weighted by Gasteiger charge is -2.33. The van der Waals surface area contributed by atoms with Crippen molar-refractivity contribution in [3.8, 4) is 11.5 Å². The highest BCUT2D eigenvalue weighted by molar-refractivity contribution is 5.67. The number of carbonyl (C=O) groups excluding carboxylic acids is 1. The Bertz CT molecular complexity index is 696. The lowest BCUT2D eigenvalue weighted by molar-refractivity contribution is 0.0775. The molecular formula is C17H20FN3O3. The molecule has 1 saturated heterocycles. The summed E-state index contributed by atoms with van der Waals surface area (Å²) in [5.41, 5.74) is 1.41. The molecule has 0 bridgehead atoms.